The molecule has 5 heteroatoms. The van der Waals surface area contributed by atoms with E-state index in [0.717, 1.165) is 5.56 Å². The van der Waals surface area contributed by atoms with Crippen LogP contribution in [0.25, 0.3) is 0 Å². The fourth-order valence-corrected chi connectivity index (χ4v) is 1.61. The molecule has 96 valence electrons. The minimum Gasteiger partial charge on any atom is -0.508 e. The first-order valence-corrected chi connectivity index (χ1v) is 5.95. The predicted molar refractivity (Wildman–Crippen MR) is 65.4 cm³/mol. The van der Waals surface area contributed by atoms with Crippen LogP contribution in [0.4, 0.5) is 0 Å². The van der Waals surface area contributed by atoms with Crippen molar-refractivity contribution in [2.45, 2.75) is 19.8 Å². The molecule has 0 bridgehead atoms. The molecule has 1 aromatic heterocycles. The zero-order valence-corrected chi connectivity index (χ0v) is 10.3. The summed E-state index contributed by atoms with van der Waals surface area (Å²) in [6.45, 7) is 3.24. The highest BCUT2D eigenvalue weighted by Gasteiger charge is 2.07. The molecule has 18 heavy (non-hydrogen) atoms. The highest BCUT2D eigenvalue weighted by molar-refractivity contribution is 5.28. The maximum atomic E-state index is 9.36. The lowest BCUT2D eigenvalue weighted by atomic mass is 10.1. The van der Waals surface area contributed by atoms with Gasteiger partial charge in [-0.15, -0.1) is 0 Å². The van der Waals surface area contributed by atoms with Crippen LogP contribution >= 0.6 is 0 Å². The maximum absolute atomic E-state index is 9.36. The lowest BCUT2D eigenvalue weighted by molar-refractivity contribution is 0.149. The zero-order chi connectivity index (χ0) is 12.8. The molecule has 0 fully saturated rings. The van der Waals surface area contributed by atoms with Crippen molar-refractivity contribution in [2.75, 3.05) is 13.2 Å². The van der Waals surface area contributed by atoms with Gasteiger partial charge < -0.3 is 14.4 Å². The summed E-state index contributed by atoms with van der Waals surface area (Å²) in [6, 6.07) is 7.01. The van der Waals surface area contributed by atoms with E-state index < -0.39 is 0 Å². The van der Waals surface area contributed by atoms with Crippen LogP contribution in [-0.2, 0) is 17.6 Å². The van der Waals surface area contributed by atoms with Crippen LogP contribution in [0.15, 0.2) is 28.8 Å². The van der Waals surface area contributed by atoms with Gasteiger partial charge in [0.1, 0.15) is 5.75 Å². The first-order chi connectivity index (χ1) is 8.78. The molecule has 1 N–H and O–H groups in total. The summed E-state index contributed by atoms with van der Waals surface area (Å²) in [4.78, 5) is 4.27. The Kier molecular flexibility index (Phi) is 4.30. The Hall–Kier alpha value is -1.88. The molecule has 0 atom stereocenters. The Labute approximate surface area is 105 Å². The van der Waals surface area contributed by atoms with Crippen molar-refractivity contribution in [1.29, 1.82) is 0 Å². The van der Waals surface area contributed by atoms with Gasteiger partial charge in [-0.3, -0.25) is 0 Å². The van der Waals surface area contributed by atoms with Crippen LogP contribution in [-0.4, -0.2) is 28.5 Å². The van der Waals surface area contributed by atoms with Gasteiger partial charge >= 0.3 is 0 Å². The standard InChI is InChI=1S/C13H16N2O3/c1-2-17-7-6-12-14-13(18-15-12)9-10-4-3-5-11(16)8-10/h3-5,8,16H,2,6-7,9H2,1H3. The Morgan fingerprint density at radius 1 is 1.39 bits per heavy atom. The number of aromatic hydroxyl groups is 1. The third-order valence-corrected chi connectivity index (χ3v) is 2.45. The number of nitrogens with zero attached hydrogens (tertiary/aromatic N) is 2. The van der Waals surface area contributed by atoms with E-state index in [1.54, 1.807) is 18.2 Å². The largest absolute Gasteiger partial charge is 0.508 e. The normalized spacial score (nSPS) is 10.7. The van der Waals surface area contributed by atoms with E-state index in [9.17, 15) is 5.11 Å². The minimum atomic E-state index is 0.239. The van der Waals surface area contributed by atoms with Gasteiger partial charge in [-0.25, -0.2) is 0 Å². The van der Waals surface area contributed by atoms with Crippen molar-refractivity contribution < 1.29 is 14.4 Å². The van der Waals surface area contributed by atoms with Crippen molar-refractivity contribution >= 4 is 0 Å². The number of ether oxygens (including phenoxy) is 1. The van der Waals surface area contributed by atoms with E-state index in [2.05, 4.69) is 10.1 Å². The van der Waals surface area contributed by atoms with Crippen molar-refractivity contribution in [3.63, 3.8) is 0 Å². The van der Waals surface area contributed by atoms with Crippen LogP contribution < -0.4 is 0 Å². The Bertz CT molecular complexity index is 496. The van der Waals surface area contributed by atoms with Crippen LogP contribution in [0.3, 0.4) is 0 Å². The second-order valence-electron chi connectivity index (χ2n) is 3.90. The topological polar surface area (TPSA) is 68.4 Å². The molecule has 0 aliphatic rings. The number of hydrogen-bond donors (Lipinski definition) is 1. The molecule has 0 spiro atoms. The molecule has 0 saturated heterocycles. The second kappa shape index (κ2) is 6.16. The molecule has 2 aromatic rings. The van der Waals surface area contributed by atoms with E-state index >= 15 is 0 Å². The average Bonchev–Trinajstić information content (AvgIpc) is 2.77. The number of phenols is 1. The van der Waals surface area contributed by atoms with E-state index in [4.69, 9.17) is 9.26 Å². The monoisotopic (exact) mass is 248 g/mol. The van der Waals surface area contributed by atoms with Gasteiger partial charge in [0, 0.05) is 13.0 Å². The quantitative estimate of drug-likeness (QED) is 0.791. The highest BCUT2D eigenvalue weighted by atomic mass is 16.5. The molecule has 0 saturated carbocycles. The van der Waals surface area contributed by atoms with Gasteiger partial charge in [0.15, 0.2) is 5.82 Å². The molecule has 0 radical (unpaired) electrons. The lowest BCUT2D eigenvalue weighted by Crippen LogP contribution is -1.99. The SMILES string of the molecule is CCOCCc1noc(Cc2cccc(O)c2)n1. The molecule has 5 nitrogen and oxygen atoms in total. The summed E-state index contributed by atoms with van der Waals surface area (Å²) < 4.78 is 10.4. The summed E-state index contributed by atoms with van der Waals surface area (Å²) in [5.41, 5.74) is 0.940. The van der Waals surface area contributed by atoms with Gasteiger partial charge in [0.05, 0.1) is 13.0 Å². The van der Waals surface area contributed by atoms with Gasteiger partial charge in [0.2, 0.25) is 5.89 Å². The molecule has 2 rings (SSSR count). The maximum Gasteiger partial charge on any atom is 0.231 e. The van der Waals surface area contributed by atoms with Gasteiger partial charge in [-0.2, -0.15) is 4.98 Å². The van der Waals surface area contributed by atoms with E-state index in [1.807, 2.05) is 13.0 Å². The van der Waals surface area contributed by atoms with Gasteiger partial charge in [-0.05, 0) is 24.6 Å². The third kappa shape index (κ3) is 3.56. The van der Waals surface area contributed by atoms with Crippen molar-refractivity contribution in [1.82, 2.24) is 10.1 Å². The summed E-state index contributed by atoms with van der Waals surface area (Å²) in [6.07, 6.45) is 1.17. The summed E-state index contributed by atoms with van der Waals surface area (Å²) in [5.74, 6) is 1.44. The summed E-state index contributed by atoms with van der Waals surface area (Å²) >= 11 is 0. The third-order valence-electron chi connectivity index (χ3n) is 2.45. The Balaban J connectivity index is 1.94. The number of hydrogen-bond acceptors (Lipinski definition) is 5. The molecular weight excluding hydrogens is 232 g/mol. The fourth-order valence-electron chi connectivity index (χ4n) is 1.61. The lowest BCUT2D eigenvalue weighted by Gasteiger charge is -1.97. The van der Waals surface area contributed by atoms with E-state index in [-0.39, 0.29) is 5.75 Å². The minimum absolute atomic E-state index is 0.239. The van der Waals surface area contributed by atoms with Crippen molar-refractivity contribution in [3.8, 4) is 5.75 Å². The number of rotatable bonds is 6. The first kappa shape index (κ1) is 12.6. The number of phenolic OH excluding ortho intramolecular Hbond substituents is 1. The fraction of sp³-hybridized carbons (Fsp3) is 0.385. The summed E-state index contributed by atoms with van der Waals surface area (Å²) in [5, 5.41) is 13.2. The molecule has 0 aliphatic heterocycles. The molecule has 1 heterocycles. The first-order valence-electron chi connectivity index (χ1n) is 5.95. The molecule has 1 aromatic carbocycles. The van der Waals surface area contributed by atoms with Crippen LogP contribution in [0.1, 0.15) is 24.2 Å². The number of benzene rings is 1. The van der Waals surface area contributed by atoms with E-state index in [1.165, 1.54) is 0 Å². The number of aromatic nitrogens is 2. The average molecular weight is 248 g/mol. The van der Waals surface area contributed by atoms with Gasteiger partial charge in [0.25, 0.3) is 0 Å². The van der Waals surface area contributed by atoms with Gasteiger partial charge in [-0.1, -0.05) is 17.3 Å². The Morgan fingerprint density at radius 3 is 3.06 bits per heavy atom. The molecule has 0 aliphatic carbocycles. The highest BCUT2D eigenvalue weighted by Crippen LogP contribution is 2.14. The van der Waals surface area contributed by atoms with Crippen molar-refractivity contribution in [2.24, 2.45) is 0 Å². The van der Waals surface area contributed by atoms with E-state index in [0.29, 0.717) is 37.8 Å². The van der Waals surface area contributed by atoms with Crippen molar-refractivity contribution in [3.05, 3.63) is 41.5 Å². The second-order valence-corrected chi connectivity index (χ2v) is 3.90. The van der Waals surface area contributed by atoms with Crippen LogP contribution in [0, 0.1) is 0 Å². The van der Waals surface area contributed by atoms with Crippen LogP contribution in [0.2, 0.25) is 0 Å². The molecule has 0 amide bonds. The Morgan fingerprint density at radius 2 is 2.28 bits per heavy atom. The zero-order valence-electron chi connectivity index (χ0n) is 10.3. The molecular formula is C13H16N2O3. The molecule has 0 unspecified atom stereocenters. The smallest absolute Gasteiger partial charge is 0.231 e. The summed E-state index contributed by atoms with van der Waals surface area (Å²) in [7, 11) is 0. The van der Waals surface area contributed by atoms with Crippen LogP contribution in [0.5, 0.6) is 5.75 Å². The predicted octanol–water partition coefficient (Wildman–Crippen LogP) is 1.94.